The summed E-state index contributed by atoms with van der Waals surface area (Å²) in [7, 11) is -7.70. The third-order valence-corrected chi connectivity index (χ3v) is 6.16. The van der Waals surface area contributed by atoms with Crippen molar-refractivity contribution < 1.29 is 31.5 Å². The van der Waals surface area contributed by atoms with Gasteiger partial charge in [-0.05, 0) is 55.0 Å². The van der Waals surface area contributed by atoms with Gasteiger partial charge in [-0.3, -0.25) is 14.5 Å². The third kappa shape index (κ3) is 8.88. The number of primary sulfonamides is 2. The number of carbonyl (C=O) groups is 2. The second-order valence-electron chi connectivity index (χ2n) is 7.02. The number of hydrogen-bond acceptors (Lipinski definition) is 8. The van der Waals surface area contributed by atoms with Crippen LogP contribution in [0.2, 0.25) is 0 Å². The summed E-state index contributed by atoms with van der Waals surface area (Å²) in [6, 6.07) is 10.5. The highest BCUT2D eigenvalue weighted by atomic mass is 32.2. The van der Waals surface area contributed by atoms with Crippen molar-refractivity contribution in [1.82, 2.24) is 4.90 Å². The molecule has 2 amide bonds. The smallest absolute Gasteiger partial charge is 0.238 e. The second kappa shape index (κ2) is 11.3. The molecule has 0 aliphatic rings. The molecule has 0 fully saturated rings. The average Bonchev–Trinajstić information content (AvgIpc) is 2.71. The quantitative estimate of drug-likeness (QED) is 0.265. The molecule has 0 spiro atoms. The average molecular weight is 500 g/mol. The summed E-state index contributed by atoms with van der Waals surface area (Å²) in [4.78, 5) is 26.1. The lowest BCUT2D eigenvalue weighted by atomic mass is 10.3. The van der Waals surface area contributed by atoms with E-state index >= 15 is 0 Å². The number of sulfonamides is 2. The largest absolute Gasteiger partial charge is 0.396 e. The standard InChI is InChI=1S/C19H25N5O7S2/c20-32(28,29)16-6-2-14(3-7-16)22-18(26)12-24(10-1-11-25)13-19(27)23-15-4-8-17(9-5-15)33(21,30)31/h2-9,25H,1,10-13H2,(H,22,26)(H,23,27)(H2,20,28,29)(H2,21,30,31). The van der Waals surface area contributed by atoms with Gasteiger partial charge < -0.3 is 15.7 Å². The Labute approximate surface area is 191 Å². The Morgan fingerprint density at radius 2 is 1.12 bits per heavy atom. The minimum atomic E-state index is -3.85. The molecule has 0 atom stereocenters. The molecule has 0 heterocycles. The maximum Gasteiger partial charge on any atom is 0.238 e. The monoisotopic (exact) mass is 499 g/mol. The van der Waals surface area contributed by atoms with E-state index < -0.39 is 31.9 Å². The summed E-state index contributed by atoms with van der Waals surface area (Å²) in [6.07, 6.45) is 0.326. The molecule has 0 radical (unpaired) electrons. The first-order chi connectivity index (χ1) is 15.4. The van der Waals surface area contributed by atoms with Gasteiger partial charge in [-0.25, -0.2) is 27.1 Å². The lowest BCUT2D eigenvalue weighted by Gasteiger charge is -2.21. The van der Waals surface area contributed by atoms with Crippen molar-refractivity contribution in [1.29, 1.82) is 0 Å². The van der Waals surface area contributed by atoms with Gasteiger partial charge in [0.2, 0.25) is 31.9 Å². The van der Waals surface area contributed by atoms with E-state index in [2.05, 4.69) is 10.6 Å². The van der Waals surface area contributed by atoms with Crippen LogP contribution in [0.3, 0.4) is 0 Å². The molecule has 33 heavy (non-hydrogen) atoms. The molecule has 2 aromatic rings. The van der Waals surface area contributed by atoms with E-state index in [4.69, 9.17) is 15.4 Å². The van der Waals surface area contributed by atoms with Gasteiger partial charge >= 0.3 is 0 Å². The van der Waals surface area contributed by atoms with Gasteiger partial charge in [-0.1, -0.05) is 0 Å². The molecule has 0 saturated heterocycles. The van der Waals surface area contributed by atoms with Crippen LogP contribution in [0.5, 0.6) is 0 Å². The van der Waals surface area contributed by atoms with E-state index in [0.29, 0.717) is 17.8 Å². The number of benzene rings is 2. The SMILES string of the molecule is NS(=O)(=O)c1ccc(NC(=O)CN(CCCO)CC(=O)Nc2ccc(S(N)(=O)=O)cc2)cc1. The maximum atomic E-state index is 12.4. The summed E-state index contributed by atoms with van der Waals surface area (Å²) in [5.41, 5.74) is 0.683. The molecule has 12 nitrogen and oxygen atoms in total. The zero-order chi connectivity index (χ0) is 24.6. The molecule has 7 N–H and O–H groups in total. The number of nitrogens with two attached hydrogens (primary N) is 2. The Morgan fingerprint density at radius 3 is 1.42 bits per heavy atom. The Balaban J connectivity index is 1.97. The van der Waals surface area contributed by atoms with Crippen LogP contribution >= 0.6 is 0 Å². The van der Waals surface area contributed by atoms with Crippen LogP contribution in [-0.2, 0) is 29.6 Å². The van der Waals surface area contributed by atoms with E-state index in [1.807, 2.05) is 0 Å². The fraction of sp³-hybridized carbons (Fsp3) is 0.263. The molecule has 0 saturated carbocycles. The summed E-state index contributed by atoms with van der Waals surface area (Å²) in [5.74, 6) is -0.914. The van der Waals surface area contributed by atoms with Gasteiger partial charge in [0.15, 0.2) is 0 Å². The topological polar surface area (TPSA) is 202 Å². The minimum Gasteiger partial charge on any atom is -0.396 e. The Kier molecular flexibility index (Phi) is 9.04. The van der Waals surface area contributed by atoms with Crippen molar-refractivity contribution in [2.75, 3.05) is 36.9 Å². The van der Waals surface area contributed by atoms with Crippen LogP contribution in [0.4, 0.5) is 11.4 Å². The summed E-state index contributed by atoms with van der Waals surface area (Å²) in [6.45, 7) is -0.223. The predicted octanol–water partition coefficient (Wildman–Crippen LogP) is -0.757. The van der Waals surface area contributed by atoms with Gasteiger partial charge in [0.25, 0.3) is 0 Å². The molecule has 0 aliphatic heterocycles. The highest BCUT2D eigenvalue weighted by Crippen LogP contribution is 2.14. The first-order valence-corrected chi connectivity index (χ1v) is 12.7. The molecule has 0 aliphatic carbocycles. The highest BCUT2D eigenvalue weighted by Gasteiger charge is 2.16. The van der Waals surface area contributed by atoms with Crippen LogP contribution in [0.15, 0.2) is 58.3 Å². The highest BCUT2D eigenvalue weighted by molar-refractivity contribution is 7.89. The van der Waals surface area contributed by atoms with Crippen LogP contribution in [0.25, 0.3) is 0 Å². The number of carbonyl (C=O) groups excluding carboxylic acids is 2. The zero-order valence-electron chi connectivity index (χ0n) is 17.5. The summed E-state index contributed by atoms with van der Waals surface area (Å²) in [5, 5.41) is 24.3. The first-order valence-electron chi connectivity index (χ1n) is 9.57. The zero-order valence-corrected chi connectivity index (χ0v) is 19.1. The van der Waals surface area contributed by atoms with Gasteiger partial charge in [-0.15, -0.1) is 0 Å². The van der Waals surface area contributed by atoms with Crippen molar-refractivity contribution in [3.63, 3.8) is 0 Å². The number of aliphatic hydroxyl groups excluding tert-OH is 1. The molecular formula is C19H25N5O7S2. The van der Waals surface area contributed by atoms with Gasteiger partial charge in [-0.2, -0.15) is 0 Å². The van der Waals surface area contributed by atoms with Crippen molar-refractivity contribution in [3.8, 4) is 0 Å². The van der Waals surface area contributed by atoms with Gasteiger partial charge in [0.05, 0.1) is 22.9 Å². The van der Waals surface area contributed by atoms with Gasteiger partial charge in [0.1, 0.15) is 0 Å². The van der Waals surface area contributed by atoms with Crippen molar-refractivity contribution in [3.05, 3.63) is 48.5 Å². The van der Waals surface area contributed by atoms with E-state index in [1.165, 1.54) is 53.4 Å². The molecule has 0 aromatic heterocycles. The van der Waals surface area contributed by atoms with E-state index in [0.717, 1.165) is 0 Å². The number of anilines is 2. The number of amides is 2. The minimum absolute atomic E-state index is 0.0983. The number of nitrogens with zero attached hydrogens (tertiary/aromatic N) is 1. The maximum absolute atomic E-state index is 12.4. The molecule has 14 heteroatoms. The second-order valence-corrected chi connectivity index (χ2v) is 10.1. The molecule has 2 aromatic carbocycles. The van der Waals surface area contributed by atoms with Crippen LogP contribution in [-0.4, -0.2) is 64.9 Å². The van der Waals surface area contributed by atoms with E-state index in [9.17, 15) is 26.4 Å². The number of rotatable bonds is 11. The normalized spacial score (nSPS) is 11.9. The summed E-state index contributed by atoms with van der Waals surface area (Å²) >= 11 is 0. The Bertz CT molecular complexity index is 1090. The van der Waals surface area contributed by atoms with Gasteiger partial charge in [0, 0.05) is 24.5 Å². The molecular weight excluding hydrogens is 474 g/mol. The number of nitrogens with one attached hydrogen (secondary N) is 2. The van der Waals surface area contributed by atoms with Crippen LogP contribution < -0.4 is 20.9 Å². The van der Waals surface area contributed by atoms with Crippen molar-refractivity contribution >= 4 is 43.2 Å². The fourth-order valence-electron chi connectivity index (χ4n) is 2.77. The molecule has 180 valence electrons. The predicted molar refractivity (Wildman–Crippen MR) is 121 cm³/mol. The lowest BCUT2D eigenvalue weighted by Crippen LogP contribution is -2.39. The van der Waals surface area contributed by atoms with Crippen LogP contribution in [0, 0.1) is 0 Å². The molecule has 0 unspecified atom stereocenters. The van der Waals surface area contributed by atoms with Crippen molar-refractivity contribution in [2.45, 2.75) is 16.2 Å². The first kappa shape index (κ1) is 26.4. The molecule has 2 rings (SSSR count). The van der Waals surface area contributed by atoms with E-state index in [1.54, 1.807) is 0 Å². The number of aliphatic hydroxyl groups is 1. The van der Waals surface area contributed by atoms with Crippen molar-refractivity contribution in [2.24, 2.45) is 10.3 Å². The van der Waals surface area contributed by atoms with E-state index in [-0.39, 0.29) is 36.0 Å². The van der Waals surface area contributed by atoms with Crippen LogP contribution in [0.1, 0.15) is 6.42 Å². The number of hydrogen-bond donors (Lipinski definition) is 5. The fourth-order valence-corrected chi connectivity index (χ4v) is 3.80. The Morgan fingerprint density at radius 1 is 0.758 bits per heavy atom. The third-order valence-electron chi connectivity index (χ3n) is 4.30. The Hall–Kier alpha value is -2.88. The molecule has 0 bridgehead atoms. The summed E-state index contributed by atoms with van der Waals surface area (Å²) < 4.78 is 45.2. The lowest BCUT2D eigenvalue weighted by molar-refractivity contribution is -0.120.